The Morgan fingerprint density at radius 3 is 2.67 bits per heavy atom. The van der Waals surface area contributed by atoms with Gasteiger partial charge in [-0.3, -0.25) is 0 Å². The molecular formula is C13H13NO3S. The summed E-state index contributed by atoms with van der Waals surface area (Å²) in [4.78, 5) is 11.3. The maximum atomic E-state index is 10.9. The van der Waals surface area contributed by atoms with Crippen molar-refractivity contribution in [3.05, 3.63) is 46.2 Å². The van der Waals surface area contributed by atoms with Crippen LogP contribution in [0, 0.1) is 0 Å². The van der Waals surface area contributed by atoms with Gasteiger partial charge in [-0.15, -0.1) is 11.3 Å². The lowest BCUT2D eigenvalue weighted by Gasteiger charge is -2.07. The lowest BCUT2D eigenvalue weighted by Crippen LogP contribution is -2.03. The summed E-state index contributed by atoms with van der Waals surface area (Å²) in [6.45, 7) is 0.497. The van der Waals surface area contributed by atoms with Crippen molar-refractivity contribution in [1.82, 2.24) is 0 Å². The zero-order valence-corrected chi connectivity index (χ0v) is 10.7. The average molecular weight is 263 g/mol. The number of nitrogens with one attached hydrogen (secondary N) is 1. The Labute approximate surface area is 109 Å². The molecule has 2 rings (SSSR count). The number of ether oxygens (including phenoxy) is 1. The third-order valence-electron chi connectivity index (χ3n) is 2.51. The number of thiophene rings is 1. The van der Waals surface area contributed by atoms with Crippen LogP contribution in [0.1, 0.15) is 15.2 Å². The molecule has 0 spiro atoms. The summed E-state index contributed by atoms with van der Waals surface area (Å²) in [7, 11) is 1.62. The zero-order valence-electron chi connectivity index (χ0n) is 9.84. The van der Waals surface area contributed by atoms with Crippen molar-refractivity contribution in [3.8, 4) is 5.75 Å². The molecule has 0 unspecified atom stereocenters. The van der Waals surface area contributed by atoms with Crippen molar-refractivity contribution in [2.24, 2.45) is 0 Å². The number of methoxy groups -OCH3 is 1. The fourth-order valence-corrected chi connectivity index (χ4v) is 2.33. The first kappa shape index (κ1) is 12.4. The van der Waals surface area contributed by atoms with E-state index >= 15 is 0 Å². The van der Waals surface area contributed by atoms with E-state index in [0.29, 0.717) is 11.4 Å². The normalized spacial score (nSPS) is 10.1. The number of hydrogen-bond acceptors (Lipinski definition) is 4. The molecule has 0 amide bonds. The van der Waals surface area contributed by atoms with Crippen LogP contribution >= 0.6 is 11.3 Å². The lowest BCUT2D eigenvalue weighted by molar-refractivity contribution is 0.0701. The number of anilines is 1. The smallest absolute Gasteiger partial charge is 0.346 e. The SMILES string of the molecule is COc1ccc(NCc2ccsc2C(=O)O)cc1. The molecule has 2 aromatic rings. The van der Waals surface area contributed by atoms with Crippen molar-refractivity contribution in [3.63, 3.8) is 0 Å². The van der Waals surface area contributed by atoms with Gasteiger partial charge in [0.05, 0.1) is 7.11 Å². The Morgan fingerprint density at radius 2 is 2.06 bits per heavy atom. The molecule has 1 aromatic heterocycles. The molecule has 5 heteroatoms. The summed E-state index contributed by atoms with van der Waals surface area (Å²) in [6, 6.07) is 9.32. The molecule has 4 nitrogen and oxygen atoms in total. The van der Waals surface area contributed by atoms with E-state index in [1.54, 1.807) is 12.5 Å². The molecule has 0 saturated carbocycles. The van der Waals surface area contributed by atoms with E-state index in [1.165, 1.54) is 11.3 Å². The summed E-state index contributed by atoms with van der Waals surface area (Å²) in [5.74, 6) is -0.0844. The number of hydrogen-bond donors (Lipinski definition) is 2. The number of benzene rings is 1. The van der Waals surface area contributed by atoms with Gasteiger partial charge in [0.1, 0.15) is 10.6 Å². The highest BCUT2D eigenvalue weighted by atomic mass is 32.1. The lowest BCUT2D eigenvalue weighted by atomic mass is 10.2. The van der Waals surface area contributed by atoms with Crippen molar-refractivity contribution in [1.29, 1.82) is 0 Å². The van der Waals surface area contributed by atoms with Crippen molar-refractivity contribution in [2.75, 3.05) is 12.4 Å². The summed E-state index contributed by atoms with van der Waals surface area (Å²) in [6.07, 6.45) is 0. The molecule has 0 atom stereocenters. The molecule has 2 N–H and O–H groups in total. The molecule has 18 heavy (non-hydrogen) atoms. The van der Waals surface area contributed by atoms with Gasteiger partial charge in [-0.25, -0.2) is 4.79 Å². The molecule has 0 aliphatic heterocycles. The van der Waals surface area contributed by atoms with E-state index in [2.05, 4.69) is 5.32 Å². The minimum absolute atomic E-state index is 0.385. The fourth-order valence-electron chi connectivity index (χ4n) is 1.57. The topological polar surface area (TPSA) is 58.6 Å². The van der Waals surface area contributed by atoms with E-state index in [0.717, 1.165) is 17.0 Å². The first-order valence-corrected chi connectivity index (χ1v) is 6.26. The highest BCUT2D eigenvalue weighted by molar-refractivity contribution is 7.12. The molecule has 94 valence electrons. The first-order chi connectivity index (χ1) is 8.70. The van der Waals surface area contributed by atoms with Gasteiger partial charge < -0.3 is 15.2 Å². The largest absolute Gasteiger partial charge is 0.497 e. The fraction of sp³-hybridized carbons (Fsp3) is 0.154. The van der Waals surface area contributed by atoms with Crippen LogP contribution in [0.2, 0.25) is 0 Å². The Hall–Kier alpha value is -2.01. The summed E-state index contributed by atoms with van der Waals surface area (Å²) in [5.41, 5.74) is 1.72. The minimum Gasteiger partial charge on any atom is -0.497 e. The van der Waals surface area contributed by atoms with E-state index in [-0.39, 0.29) is 0 Å². The molecule has 0 bridgehead atoms. The highest BCUT2D eigenvalue weighted by Gasteiger charge is 2.10. The predicted octanol–water partition coefficient (Wildman–Crippen LogP) is 3.07. The van der Waals surface area contributed by atoms with Gasteiger partial charge >= 0.3 is 5.97 Å². The van der Waals surface area contributed by atoms with Gasteiger partial charge in [0.2, 0.25) is 0 Å². The maximum absolute atomic E-state index is 10.9. The second-order valence-corrected chi connectivity index (χ2v) is 4.58. The number of rotatable bonds is 5. The second kappa shape index (κ2) is 5.55. The molecule has 0 radical (unpaired) electrons. The molecule has 0 saturated heterocycles. The number of aromatic carboxylic acids is 1. The Morgan fingerprint density at radius 1 is 1.33 bits per heavy atom. The van der Waals surface area contributed by atoms with Crippen LogP contribution in [0.25, 0.3) is 0 Å². The van der Waals surface area contributed by atoms with Crippen LogP contribution < -0.4 is 10.1 Å². The number of carboxylic acid groups (broad SMARTS) is 1. The Kier molecular flexibility index (Phi) is 3.84. The third-order valence-corrected chi connectivity index (χ3v) is 3.46. The summed E-state index contributed by atoms with van der Waals surface area (Å²) in [5, 5.41) is 14.0. The van der Waals surface area contributed by atoms with Crippen LogP contribution in [-0.4, -0.2) is 18.2 Å². The molecule has 0 fully saturated rings. The van der Waals surface area contributed by atoms with Gasteiger partial charge in [0.25, 0.3) is 0 Å². The van der Waals surface area contributed by atoms with E-state index < -0.39 is 5.97 Å². The van der Waals surface area contributed by atoms with Crippen LogP contribution in [0.4, 0.5) is 5.69 Å². The van der Waals surface area contributed by atoms with Gasteiger partial charge in [-0.05, 0) is 41.3 Å². The van der Waals surface area contributed by atoms with Gasteiger partial charge in [-0.1, -0.05) is 0 Å². The Balaban J connectivity index is 2.02. The van der Waals surface area contributed by atoms with Crippen LogP contribution in [0.15, 0.2) is 35.7 Å². The second-order valence-electron chi connectivity index (χ2n) is 3.66. The van der Waals surface area contributed by atoms with E-state index in [4.69, 9.17) is 9.84 Å². The summed E-state index contributed by atoms with van der Waals surface area (Å²) < 4.78 is 5.07. The molecular weight excluding hydrogens is 250 g/mol. The molecule has 1 aromatic carbocycles. The maximum Gasteiger partial charge on any atom is 0.346 e. The average Bonchev–Trinajstić information content (AvgIpc) is 2.85. The van der Waals surface area contributed by atoms with Crippen molar-refractivity contribution in [2.45, 2.75) is 6.54 Å². The third kappa shape index (κ3) is 2.81. The van der Waals surface area contributed by atoms with Crippen molar-refractivity contribution >= 4 is 23.0 Å². The highest BCUT2D eigenvalue weighted by Crippen LogP contribution is 2.20. The van der Waals surface area contributed by atoms with Crippen LogP contribution in [-0.2, 0) is 6.54 Å². The van der Waals surface area contributed by atoms with Gasteiger partial charge in [-0.2, -0.15) is 0 Å². The Bertz CT molecular complexity index is 533. The molecule has 1 heterocycles. The monoisotopic (exact) mass is 263 g/mol. The van der Waals surface area contributed by atoms with Gasteiger partial charge in [0, 0.05) is 12.2 Å². The first-order valence-electron chi connectivity index (χ1n) is 5.38. The van der Waals surface area contributed by atoms with E-state index in [1.807, 2.05) is 30.3 Å². The molecule has 0 aliphatic carbocycles. The number of carbonyl (C=O) groups is 1. The molecule has 0 aliphatic rings. The van der Waals surface area contributed by atoms with Crippen LogP contribution in [0.3, 0.4) is 0 Å². The standard InChI is InChI=1S/C13H13NO3S/c1-17-11-4-2-10(3-5-11)14-8-9-6-7-18-12(9)13(15)16/h2-7,14H,8H2,1H3,(H,15,16). The minimum atomic E-state index is -0.878. The van der Waals surface area contributed by atoms with Gasteiger partial charge in [0.15, 0.2) is 0 Å². The van der Waals surface area contributed by atoms with E-state index in [9.17, 15) is 4.79 Å². The summed E-state index contributed by atoms with van der Waals surface area (Å²) >= 11 is 1.24. The predicted molar refractivity (Wildman–Crippen MR) is 71.6 cm³/mol. The van der Waals surface area contributed by atoms with Crippen molar-refractivity contribution < 1.29 is 14.6 Å². The number of carboxylic acids is 1. The zero-order chi connectivity index (χ0) is 13.0. The quantitative estimate of drug-likeness (QED) is 0.870. The van der Waals surface area contributed by atoms with Crippen LogP contribution in [0.5, 0.6) is 5.75 Å².